The van der Waals surface area contributed by atoms with Gasteiger partial charge < -0.3 is 9.64 Å². The minimum atomic E-state index is -0.0549. The molecule has 0 saturated heterocycles. The van der Waals surface area contributed by atoms with Crippen molar-refractivity contribution in [3.05, 3.63) is 34.9 Å². The zero-order valence-corrected chi connectivity index (χ0v) is 15.5. The van der Waals surface area contributed by atoms with Crippen molar-refractivity contribution in [3.8, 4) is 11.8 Å². The summed E-state index contributed by atoms with van der Waals surface area (Å²) in [4.78, 5) is 13.6. The van der Waals surface area contributed by atoms with Crippen molar-refractivity contribution in [2.24, 2.45) is 5.92 Å². The van der Waals surface area contributed by atoms with E-state index in [-0.39, 0.29) is 51.1 Å². The van der Waals surface area contributed by atoms with Crippen molar-refractivity contribution in [1.82, 2.24) is 4.90 Å². The molecule has 2 rings (SSSR count). The number of rotatable bonds is 3. The Hall–Kier alpha value is -0.886. The first-order valence-electron chi connectivity index (χ1n) is 6.22. The van der Waals surface area contributed by atoms with Crippen LogP contribution < -0.4 is 4.74 Å². The van der Waals surface area contributed by atoms with Crippen molar-refractivity contribution in [1.29, 1.82) is 5.26 Å². The van der Waals surface area contributed by atoms with Crippen molar-refractivity contribution in [3.63, 3.8) is 0 Å². The van der Waals surface area contributed by atoms with Gasteiger partial charge in [-0.15, -0.1) is 28.9 Å². The second-order valence-corrected chi connectivity index (χ2v) is 5.02. The van der Waals surface area contributed by atoms with Gasteiger partial charge in [-0.05, 0) is 17.2 Å². The first-order chi connectivity index (χ1) is 9.54. The number of nitriles is 1. The molecule has 0 aliphatic carbocycles. The van der Waals surface area contributed by atoms with Crippen LogP contribution in [0.25, 0.3) is 5.70 Å². The maximum Gasteiger partial charge on any atom is 0.225 e. The molecule has 4 nitrogen and oxygen atoms in total. The Labute approximate surface area is 154 Å². The summed E-state index contributed by atoms with van der Waals surface area (Å²) in [6.07, 6.45) is 3.80. The second-order valence-electron chi connectivity index (χ2n) is 4.62. The molecule has 1 radical (unpaired) electrons. The van der Waals surface area contributed by atoms with Crippen LogP contribution >= 0.6 is 11.6 Å². The summed E-state index contributed by atoms with van der Waals surface area (Å²) in [6.45, 7) is 1.85. The van der Waals surface area contributed by atoms with Crippen molar-refractivity contribution >= 4 is 23.2 Å². The van der Waals surface area contributed by atoms with Gasteiger partial charge in [-0.1, -0.05) is 13.3 Å². The van der Waals surface area contributed by atoms with Crippen LogP contribution in [0.3, 0.4) is 0 Å². The summed E-state index contributed by atoms with van der Waals surface area (Å²) in [5.74, 6) is 0.527. The summed E-state index contributed by atoms with van der Waals surface area (Å²) >= 11 is 6.23. The van der Waals surface area contributed by atoms with Crippen LogP contribution in [0.4, 0.5) is 0 Å². The van der Waals surface area contributed by atoms with E-state index >= 15 is 0 Å². The molecule has 1 aromatic rings. The average molecular weight is 379 g/mol. The maximum atomic E-state index is 12.0. The number of amides is 1. The number of carbonyl (C=O) groups excluding carboxylic acids is 1. The van der Waals surface area contributed by atoms with Crippen LogP contribution in [0, 0.1) is 23.3 Å². The molecule has 6 heteroatoms. The Balaban J connectivity index is 0.00000220. The largest absolute Gasteiger partial charge is 0.479 e. The Morgan fingerprint density at radius 2 is 2.29 bits per heavy atom. The summed E-state index contributed by atoms with van der Waals surface area (Å²) in [5, 5.41) is 8.95. The standard InChI is InChI=1S/C15H14ClN2O2.Y/c1-10-3-6-14(18(2)15(10)19)12-5-4-11(9-13(12)16)20-8-7-17;/h4-5,9-10H,3,8H2,1-2H3;/q-1;. The summed E-state index contributed by atoms with van der Waals surface area (Å²) in [5.41, 5.74) is 1.42. The first kappa shape index (κ1) is 18.2. The van der Waals surface area contributed by atoms with Gasteiger partial charge in [0.05, 0.1) is 0 Å². The van der Waals surface area contributed by atoms with Gasteiger partial charge in [0.1, 0.15) is 11.8 Å². The normalized spacial score (nSPS) is 17.6. The van der Waals surface area contributed by atoms with E-state index in [1.54, 1.807) is 30.1 Å². The van der Waals surface area contributed by atoms with E-state index in [4.69, 9.17) is 21.6 Å². The number of halogens is 1. The smallest absolute Gasteiger partial charge is 0.225 e. The van der Waals surface area contributed by atoms with Crippen LogP contribution in [0.1, 0.15) is 18.9 Å². The fourth-order valence-corrected chi connectivity index (χ4v) is 2.33. The monoisotopic (exact) mass is 378 g/mol. The molecule has 107 valence electrons. The maximum absolute atomic E-state index is 12.0. The fraction of sp³-hybridized carbons (Fsp3) is 0.333. The Bertz CT molecular complexity index is 610. The molecule has 0 aromatic heterocycles. The molecule has 1 aliphatic rings. The summed E-state index contributed by atoms with van der Waals surface area (Å²) in [7, 11) is 1.72. The molecule has 1 unspecified atom stereocenters. The van der Waals surface area contributed by atoms with Crippen molar-refractivity contribution in [2.45, 2.75) is 13.3 Å². The van der Waals surface area contributed by atoms with Crippen LogP contribution in [0.2, 0.25) is 5.02 Å². The number of carbonyl (C=O) groups is 1. The molecule has 1 aliphatic heterocycles. The number of nitrogens with zero attached hydrogens (tertiary/aromatic N) is 2. The molecule has 0 spiro atoms. The van der Waals surface area contributed by atoms with Gasteiger partial charge in [0.25, 0.3) is 0 Å². The number of ether oxygens (including phenoxy) is 1. The predicted molar refractivity (Wildman–Crippen MR) is 75.8 cm³/mol. The van der Waals surface area contributed by atoms with E-state index in [1.165, 1.54) is 0 Å². The molecule has 0 fully saturated rings. The zero-order valence-electron chi connectivity index (χ0n) is 11.9. The minimum Gasteiger partial charge on any atom is -0.479 e. The topological polar surface area (TPSA) is 53.3 Å². The third-order valence-corrected chi connectivity index (χ3v) is 3.48. The number of allylic oxidation sites excluding steroid dienone is 1. The van der Waals surface area contributed by atoms with Crippen LogP contribution in [0.15, 0.2) is 18.2 Å². The number of hydrogen-bond donors (Lipinski definition) is 0. The third kappa shape index (κ3) is 4.06. The predicted octanol–water partition coefficient (Wildman–Crippen LogP) is 2.88. The molecule has 1 amide bonds. The molecular formula is C15H14ClN2O2Y-. The van der Waals surface area contributed by atoms with Crippen LogP contribution in [-0.2, 0) is 37.5 Å². The second kappa shape index (κ2) is 7.93. The summed E-state index contributed by atoms with van der Waals surface area (Å²) < 4.78 is 5.19. The van der Waals surface area contributed by atoms with Crippen molar-refractivity contribution < 1.29 is 42.2 Å². The van der Waals surface area contributed by atoms with Gasteiger partial charge in [-0.2, -0.15) is 5.26 Å². The summed E-state index contributed by atoms with van der Waals surface area (Å²) in [6, 6.07) is 7.03. The fourth-order valence-electron chi connectivity index (χ4n) is 2.07. The van der Waals surface area contributed by atoms with E-state index in [2.05, 4.69) is 6.08 Å². The van der Waals surface area contributed by atoms with E-state index in [0.29, 0.717) is 22.9 Å². The zero-order chi connectivity index (χ0) is 14.7. The van der Waals surface area contributed by atoms with Gasteiger partial charge in [0.15, 0.2) is 6.61 Å². The number of benzene rings is 1. The first-order valence-corrected chi connectivity index (χ1v) is 6.60. The Morgan fingerprint density at radius 3 is 2.90 bits per heavy atom. The van der Waals surface area contributed by atoms with Gasteiger partial charge in [0.2, 0.25) is 5.91 Å². The molecule has 1 atom stereocenters. The molecule has 1 heterocycles. The molecule has 0 bridgehead atoms. The molecular weight excluding hydrogens is 365 g/mol. The molecule has 0 N–H and O–H groups in total. The average Bonchev–Trinajstić information content (AvgIpc) is 2.44. The van der Waals surface area contributed by atoms with Crippen LogP contribution in [-0.4, -0.2) is 24.5 Å². The third-order valence-electron chi connectivity index (χ3n) is 3.16. The molecule has 21 heavy (non-hydrogen) atoms. The van der Waals surface area contributed by atoms with E-state index in [9.17, 15) is 4.79 Å². The van der Waals surface area contributed by atoms with E-state index in [0.717, 1.165) is 5.56 Å². The van der Waals surface area contributed by atoms with Gasteiger partial charge in [-0.3, -0.25) is 4.79 Å². The number of hydrogen-bond acceptors (Lipinski definition) is 3. The minimum absolute atomic E-state index is 0. The van der Waals surface area contributed by atoms with Gasteiger partial charge >= 0.3 is 0 Å². The van der Waals surface area contributed by atoms with E-state index < -0.39 is 0 Å². The van der Waals surface area contributed by atoms with Gasteiger partial charge in [-0.25, -0.2) is 6.08 Å². The van der Waals surface area contributed by atoms with Gasteiger partial charge in [0, 0.05) is 45.7 Å². The molecule has 1 aromatic carbocycles. The van der Waals surface area contributed by atoms with E-state index in [1.807, 2.05) is 13.0 Å². The SMILES string of the molecule is CC1C[C-]=C(c2ccc(OCC#N)cc2Cl)N(C)C1=O.[Y]. The van der Waals surface area contributed by atoms with Crippen molar-refractivity contribution in [2.75, 3.05) is 13.7 Å². The van der Waals surface area contributed by atoms with Crippen LogP contribution in [0.5, 0.6) is 5.75 Å². The quantitative estimate of drug-likeness (QED) is 0.760. The Kier molecular flexibility index (Phi) is 6.86. The molecule has 0 saturated carbocycles. The Morgan fingerprint density at radius 1 is 1.57 bits per heavy atom.